The third kappa shape index (κ3) is 2.03. The molecule has 0 spiro atoms. The van der Waals surface area contributed by atoms with Crippen LogP contribution in [0, 0.1) is 5.82 Å². The highest BCUT2D eigenvalue weighted by Crippen LogP contribution is 2.33. The summed E-state index contributed by atoms with van der Waals surface area (Å²) in [5, 5.41) is 3.87. The molecule has 94 valence electrons. The van der Waals surface area contributed by atoms with Gasteiger partial charge in [-0.2, -0.15) is 0 Å². The van der Waals surface area contributed by atoms with Gasteiger partial charge >= 0.3 is 0 Å². The smallest absolute Gasteiger partial charge is 0.232 e. The van der Waals surface area contributed by atoms with Crippen molar-refractivity contribution in [1.29, 1.82) is 0 Å². The summed E-state index contributed by atoms with van der Waals surface area (Å²) in [5.41, 5.74) is 7.87. The summed E-state index contributed by atoms with van der Waals surface area (Å²) in [6.45, 7) is 0. The topological polar surface area (TPSA) is 77.8 Å². The van der Waals surface area contributed by atoms with Gasteiger partial charge in [0.1, 0.15) is 11.5 Å². The van der Waals surface area contributed by atoms with Crippen LogP contribution in [0.25, 0.3) is 22.6 Å². The fraction of sp³-hybridized carbons (Fsp3) is 0. The molecule has 0 aliphatic carbocycles. The fourth-order valence-electron chi connectivity index (χ4n) is 1.75. The van der Waals surface area contributed by atoms with Crippen LogP contribution >= 0.6 is 0 Å². The Morgan fingerprint density at radius 3 is 2.63 bits per heavy atom. The minimum atomic E-state index is -0.417. The first-order chi connectivity index (χ1) is 9.25. The second-order valence-corrected chi connectivity index (χ2v) is 3.85. The average Bonchev–Trinajstić information content (AvgIpc) is 2.82. The largest absolute Gasteiger partial charge is 0.367 e. The van der Waals surface area contributed by atoms with Crippen molar-refractivity contribution in [3.8, 4) is 22.6 Å². The third-order valence-electron chi connectivity index (χ3n) is 2.61. The van der Waals surface area contributed by atoms with E-state index in [-0.39, 0.29) is 5.88 Å². The van der Waals surface area contributed by atoms with Crippen LogP contribution in [-0.2, 0) is 0 Å². The predicted octanol–water partition coefficient (Wildman–Crippen LogP) is 2.52. The van der Waals surface area contributed by atoms with E-state index >= 15 is 0 Å². The van der Waals surface area contributed by atoms with Crippen molar-refractivity contribution >= 4 is 5.88 Å². The number of nitrogens with zero attached hydrogens (tertiary/aromatic N) is 3. The fourth-order valence-corrected chi connectivity index (χ4v) is 1.75. The zero-order chi connectivity index (χ0) is 13.2. The first-order valence-electron chi connectivity index (χ1n) is 5.54. The van der Waals surface area contributed by atoms with Crippen LogP contribution in [0.5, 0.6) is 0 Å². The van der Waals surface area contributed by atoms with E-state index in [1.54, 1.807) is 18.3 Å². The number of rotatable bonds is 2. The van der Waals surface area contributed by atoms with Crippen LogP contribution in [0.4, 0.5) is 10.3 Å². The summed E-state index contributed by atoms with van der Waals surface area (Å²) in [7, 11) is 0. The molecule has 3 rings (SSSR count). The Kier molecular flexibility index (Phi) is 2.68. The Labute approximate surface area is 107 Å². The van der Waals surface area contributed by atoms with E-state index in [0.717, 1.165) is 6.20 Å². The van der Waals surface area contributed by atoms with Crippen molar-refractivity contribution in [1.82, 2.24) is 15.1 Å². The van der Waals surface area contributed by atoms with E-state index in [1.165, 1.54) is 12.1 Å². The van der Waals surface area contributed by atoms with Gasteiger partial charge in [0.2, 0.25) is 5.88 Å². The predicted molar refractivity (Wildman–Crippen MR) is 67.3 cm³/mol. The molecule has 0 unspecified atom stereocenters. The highest BCUT2D eigenvalue weighted by atomic mass is 19.1. The minimum absolute atomic E-state index is 0.153. The normalized spacial score (nSPS) is 10.6. The number of halogens is 1. The quantitative estimate of drug-likeness (QED) is 0.762. The van der Waals surface area contributed by atoms with Crippen LogP contribution in [0.2, 0.25) is 0 Å². The van der Waals surface area contributed by atoms with E-state index in [9.17, 15) is 4.39 Å². The van der Waals surface area contributed by atoms with Crippen molar-refractivity contribution in [2.24, 2.45) is 0 Å². The van der Waals surface area contributed by atoms with E-state index in [1.807, 2.05) is 6.07 Å². The lowest BCUT2D eigenvalue weighted by Crippen LogP contribution is -1.91. The number of pyridine rings is 2. The van der Waals surface area contributed by atoms with Crippen molar-refractivity contribution in [2.45, 2.75) is 0 Å². The third-order valence-corrected chi connectivity index (χ3v) is 2.61. The highest BCUT2D eigenvalue weighted by molar-refractivity contribution is 5.83. The maximum atomic E-state index is 12.9. The SMILES string of the molecule is Nc1onc(-c2ccc(F)cn2)c1-c1ccccn1. The van der Waals surface area contributed by atoms with Gasteiger partial charge in [0, 0.05) is 6.20 Å². The van der Waals surface area contributed by atoms with Crippen LogP contribution in [0.15, 0.2) is 47.2 Å². The molecule has 0 fully saturated rings. The Bertz CT molecular complexity index is 694. The molecule has 0 aliphatic rings. The summed E-state index contributed by atoms with van der Waals surface area (Å²) in [6, 6.07) is 8.23. The summed E-state index contributed by atoms with van der Waals surface area (Å²) < 4.78 is 17.9. The lowest BCUT2D eigenvalue weighted by atomic mass is 10.1. The van der Waals surface area contributed by atoms with Gasteiger partial charge in [0.15, 0.2) is 0 Å². The maximum Gasteiger partial charge on any atom is 0.232 e. The molecule has 0 atom stereocenters. The van der Waals surface area contributed by atoms with Gasteiger partial charge < -0.3 is 10.3 Å². The minimum Gasteiger partial charge on any atom is -0.367 e. The first-order valence-corrected chi connectivity index (χ1v) is 5.54. The maximum absolute atomic E-state index is 12.9. The number of nitrogen functional groups attached to an aromatic ring is 1. The van der Waals surface area contributed by atoms with Gasteiger partial charge in [0.25, 0.3) is 0 Å². The lowest BCUT2D eigenvalue weighted by Gasteiger charge is -2.00. The monoisotopic (exact) mass is 256 g/mol. The van der Waals surface area contributed by atoms with Gasteiger partial charge in [0.05, 0.1) is 23.1 Å². The molecule has 2 N–H and O–H groups in total. The Balaban J connectivity index is 2.16. The van der Waals surface area contributed by atoms with E-state index in [0.29, 0.717) is 22.6 Å². The molecule has 0 saturated heterocycles. The molecule has 3 aromatic heterocycles. The summed E-state index contributed by atoms with van der Waals surface area (Å²) in [6.07, 6.45) is 2.76. The molecule has 6 heteroatoms. The number of hydrogen-bond acceptors (Lipinski definition) is 5. The van der Waals surface area contributed by atoms with Crippen LogP contribution < -0.4 is 5.73 Å². The number of hydrogen-bond donors (Lipinski definition) is 1. The molecule has 0 aliphatic heterocycles. The van der Waals surface area contributed by atoms with Gasteiger partial charge in [-0.1, -0.05) is 11.2 Å². The Hall–Kier alpha value is -2.76. The first kappa shape index (κ1) is 11.3. The molecule has 3 aromatic rings. The van der Waals surface area contributed by atoms with E-state index in [2.05, 4.69) is 15.1 Å². The molecule has 19 heavy (non-hydrogen) atoms. The molecule has 0 aromatic carbocycles. The Morgan fingerprint density at radius 1 is 1.05 bits per heavy atom. The summed E-state index contributed by atoms with van der Waals surface area (Å²) in [4.78, 5) is 8.17. The molecule has 0 radical (unpaired) electrons. The van der Waals surface area contributed by atoms with E-state index < -0.39 is 5.82 Å². The summed E-state index contributed by atoms with van der Waals surface area (Å²) >= 11 is 0. The van der Waals surface area contributed by atoms with Crippen LogP contribution in [0.3, 0.4) is 0 Å². The zero-order valence-electron chi connectivity index (χ0n) is 9.75. The average molecular weight is 256 g/mol. The Morgan fingerprint density at radius 2 is 1.95 bits per heavy atom. The van der Waals surface area contributed by atoms with Crippen molar-refractivity contribution < 1.29 is 8.91 Å². The highest BCUT2D eigenvalue weighted by Gasteiger charge is 2.19. The zero-order valence-corrected chi connectivity index (χ0v) is 9.75. The van der Waals surface area contributed by atoms with Gasteiger partial charge in [-0.25, -0.2) is 4.39 Å². The second kappa shape index (κ2) is 4.49. The number of nitrogens with two attached hydrogens (primary N) is 1. The molecule has 0 amide bonds. The van der Waals surface area contributed by atoms with Crippen molar-refractivity contribution in [2.75, 3.05) is 5.73 Å². The summed E-state index contributed by atoms with van der Waals surface area (Å²) in [5.74, 6) is -0.264. The van der Waals surface area contributed by atoms with Gasteiger partial charge in [-0.3, -0.25) is 9.97 Å². The van der Waals surface area contributed by atoms with Crippen LogP contribution in [-0.4, -0.2) is 15.1 Å². The lowest BCUT2D eigenvalue weighted by molar-refractivity contribution is 0.439. The molecule has 3 heterocycles. The second-order valence-electron chi connectivity index (χ2n) is 3.85. The molecule has 5 nitrogen and oxygen atoms in total. The van der Waals surface area contributed by atoms with Crippen molar-refractivity contribution in [3.63, 3.8) is 0 Å². The standard InChI is InChI=1S/C13H9FN4O/c14-8-4-5-10(17-7-8)12-11(13(15)19-18-12)9-3-1-2-6-16-9/h1-7H,15H2. The molecule has 0 bridgehead atoms. The number of aromatic nitrogens is 3. The molecular formula is C13H9FN4O. The number of anilines is 1. The van der Waals surface area contributed by atoms with Crippen molar-refractivity contribution in [3.05, 3.63) is 48.5 Å². The molecular weight excluding hydrogens is 247 g/mol. The molecule has 0 saturated carbocycles. The van der Waals surface area contributed by atoms with Gasteiger partial charge in [-0.05, 0) is 24.3 Å². The van der Waals surface area contributed by atoms with Gasteiger partial charge in [-0.15, -0.1) is 0 Å². The van der Waals surface area contributed by atoms with E-state index in [4.69, 9.17) is 10.3 Å². The van der Waals surface area contributed by atoms with Crippen LogP contribution in [0.1, 0.15) is 0 Å².